The summed E-state index contributed by atoms with van der Waals surface area (Å²) in [7, 11) is 0. The van der Waals surface area contributed by atoms with Crippen molar-refractivity contribution in [2.45, 2.75) is 0 Å². The Bertz CT molecular complexity index is 296. The molecule has 0 atom stereocenters. The number of ketones is 1. The first-order chi connectivity index (χ1) is 6.86. The van der Waals surface area contributed by atoms with Crippen LogP contribution in [0.3, 0.4) is 0 Å². The molecule has 1 fully saturated rings. The predicted octanol–water partition coefficient (Wildman–Crippen LogP) is 1.68. The molecule has 2 heterocycles. The highest BCUT2D eigenvalue weighted by Gasteiger charge is 2.15. The van der Waals surface area contributed by atoms with Crippen LogP contribution in [0, 0.1) is 0 Å². The van der Waals surface area contributed by atoms with Crippen molar-refractivity contribution < 1.29 is 9.53 Å². The zero-order valence-corrected chi connectivity index (χ0v) is 9.98. The predicted molar refractivity (Wildman–Crippen MR) is 63.2 cm³/mol. The second-order valence-electron chi connectivity index (χ2n) is 3.29. The first kappa shape index (κ1) is 12.6. The van der Waals surface area contributed by atoms with Crippen LogP contribution in [0.25, 0.3) is 0 Å². The molecular weight excluding hydrogens is 234 g/mol. The van der Waals surface area contributed by atoms with Gasteiger partial charge in [0.05, 0.1) is 24.6 Å². The van der Waals surface area contributed by atoms with Crippen molar-refractivity contribution in [2.24, 2.45) is 0 Å². The smallest absolute Gasteiger partial charge is 0.186 e. The molecule has 15 heavy (non-hydrogen) atoms. The molecule has 1 saturated heterocycles. The largest absolute Gasteiger partial charge is 0.379 e. The zero-order chi connectivity index (χ0) is 9.80. The Morgan fingerprint density at radius 3 is 2.80 bits per heavy atom. The molecule has 0 bridgehead atoms. The number of thiophene rings is 1. The summed E-state index contributed by atoms with van der Waals surface area (Å²) in [6, 6.07) is 3.80. The molecule has 1 aromatic heterocycles. The lowest BCUT2D eigenvalue weighted by molar-refractivity contribution is 0.0372. The van der Waals surface area contributed by atoms with Crippen molar-refractivity contribution >= 4 is 29.5 Å². The lowest BCUT2D eigenvalue weighted by Crippen LogP contribution is -2.39. The summed E-state index contributed by atoms with van der Waals surface area (Å²) in [5, 5.41) is 1.94. The van der Waals surface area contributed by atoms with Crippen LogP contribution in [0.1, 0.15) is 9.67 Å². The molecule has 0 saturated carbocycles. The molecule has 0 aliphatic carbocycles. The zero-order valence-electron chi connectivity index (χ0n) is 8.35. The van der Waals surface area contributed by atoms with Gasteiger partial charge in [-0.3, -0.25) is 9.69 Å². The molecule has 0 unspecified atom stereocenters. The Morgan fingerprint density at radius 2 is 2.20 bits per heavy atom. The fraction of sp³-hybridized carbons (Fsp3) is 0.500. The lowest BCUT2D eigenvalue weighted by atomic mass is 10.3. The van der Waals surface area contributed by atoms with E-state index >= 15 is 0 Å². The van der Waals surface area contributed by atoms with Crippen LogP contribution in [0.4, 0.5) is 0 Å². The number of Topliss-reactive ketones (excluding diaryl/α,β-unsaturated/α-hetero) is 1. The second-order valence-corrected chi connectivity index (χ2v) is 4.24. The standard InChI is InChI=1S/C10H13NO2S.ClH/c12-9(10-2-1-7-14-10)8-11-3-5-13-6-4-11;/h1-2,7H,3-6,8H2;1H. The number of rotatable bonds is 3. The van der Waals surface area contributed by atoms with E-state index in [0.29, 0.717) is 6.54 Å². The third kappa shape index (κ3) is 3.57. The number of morpholine rings is 1. The Kier molecular flexibility index (Phi) is 5.25. The number of halogens is 1. The van der Waals surface area contributed by atoms with Gasteiger partial charge in [-0.15, -0.1) is 23.7 Å². The monoisotopic (exact) mass is 247 g/mol. The van der Waals surface area contributed by atoms with E-state index < -0.39 is 0 Å². The van der Waals surface area contributed by atoms with Crippen molar-refractivity contribution in [3.05, 3.63) is 22.4 Å². The topological polar surface area (TPSA) is 29.5 Å². The van der Waals surface area contributed by atoms with E-state index in [-0.39, 0.29) is 18.2 Å². The van der Waals surface area contributed by atoms with E-state index in [0.717, 1.165) is 31.2 Å². The minimum atomic E-state index is 0. The van der Waals surface area contributed by atoms with Gasteiger partial charge in [0.1, 0.15) is 0 Å². The van der Waals surface area contributed by atoms with Crippen LogP contribution in [0.2, 0.25) is 0 Å². The van der Waals surface area contributed by atoms with Crippen molar-refractivity contribution in [2.75, 3.05) is 32.8 Å². The van der Waals surface area contributed by atoms with Gasteiger partial charge in [0.2, 0.25) is 0 Å². The summed E-state index contributed by atoms with van der Waals surface area (Å²) in [6.45, 7) is 3.77. The summed E-state index contributed by atoms with van der Waals surface area (Å²) in [5.74, 6) is 0.224. The fourth-order valence-corrected chi connectivity index (χ4v) is 2.13. The Labute approximate surface area is 99.4 Å². The van der Waals surface area contributed by atoms with Crippen molar-refractivity contribution in [3.63, 3.8) is 0 Å². The Hall–Kier alpha value is -0.420. The molecule has 1 aliphatic heterocycles. The van der Waals surface area contributed by atoms with E-state index in [1.165, 1.54) is 11.3 Å². The van der Waals surface area contributed by atoms with E-state index in [4.69, 9.17) is 4.74 Å². The minimum Gasteiger partial charge on any atom is -0.379 e. The number of carbonyl (C=O) groups is 1. The average Bonchev–Trinajstić information content (AvgIpc) is 2.72. The molecule has 1 aliphatic rings. The van der Waals surface area contributed by atoms with Crippen molar-refractivity contribution in [3.8, 4) is 0 Å². The van der Waals surface area contributed by atoms with E-state index in [2.05, 4.69) is 4.90 Å². The summed E-state index contributed by atoms with van der Waals surface area (Å²) in [5.41, 5.74) is 0. The summed E-state index contributed by atoms with van der Waals surface area (Å²) >= 11 is 1.51. The van der Waals surface area contributed by atoms with Gasteiger partial charge in [-0.2, -0.15) is 0 Å². The van der Waals surface area contributed by atoms with Crippen LogP contribution in [-0.2, 0) is 4.74 Å². The number of carbonyl (C=O) groups excluding carboxylic acids is 1. The van der Waals surface area contributed by atoms with Gasteiger partial charge in [0.15, 0.2) is 5.78 Å². The fourth-order valence-electron chi connectivity index (χ4n) is 1.48. The summed E-state index contributed by atoms with van der Waals surface area (Å²) in [4.78, 5) is 14.7. The van der Waals surface area contributed by atoms with Gasteiger partial charge in [0.25, 0.3) is 0 Å². The Balaban J connectivity index is 0.00000112. The molecule has 5 heteroatoms. The normalized spacial score (nSPS) is 17.1. The van der Waals surface area contributed by atoms with Crippen molar-refractivity contribution in [1.82, 2.24) is 4.90 Å². The summed E-state index contributed by atoms with van der Waals surface area (Å²) in [6.07, 6.45) is 0. The minimum absolute atomic E-state index is 0. The molecule has 0 N–H and O–H groups in total. The highest BCUT2D eigenvalue weighted by atomic mass is 35.5. The van der Waals surface area contributed by atoms with E-state index in [1.807, 2.05) is 17.5 Å². The first-order valence-corrected chi connectivity index (χ1v) is 5.61. The second kappa shape index (κ2) is 6.23. The number of hydrogen-bond donors (Lipinski definition) is 0. The quantitative estimate of drug-likeness (QED) is 0.762. The highest BCUT2D eigenvalue weighted by molar-refractivity contribution is 7.12. The maximum Gasteiger partial charge on any atom is 0.186 e. The van der Waals surface area contributed by atoms with Gasteiger partial charge in [-0.25, -0.2) is 0 Å². The molecule has 0 radical (unpaired) electrons. The SMILES string of the molecule is Cl.O=C(CN1CCOCC1)c1cccs1. The molecule has 2 rings (SSSR count). The molecule has 3 nitrogen and oxygen atoms in total. The van der Waals surface area contributed by atoms with Crippen LogP contribution in [0.5, 0.6) is 0 Å². The maximum absolute atomic E-state index is 11.7. The number of ether oxygens (including phenoxy) is 1. The highest BCUT2D eigenvalue weighted by Crippen LogP contribution is 2.10. The molecule has 0 amide bonds. The van der Waals surface area contributed by atoms with Crippen LogP contribution in [-0.4, -0.2) is 43.5 Å². The molecule has 1 aromatic rings. The van der Waals surface area contributed by atoms with Gasteiger partial charge in [-0.1, -0.05) is 6.07 Å². The van der Waals surface area contributed by atoms with Crippen molar-refractivity contribution in [1.29, 1.82) is 0 Å². The average molecular weight is 248 g/mol. The third-order valence-corrected chi connectivity index (χ3v) is 3.18. The molecule has 0 aromatic carbocycles. The lowest BCUT2D eigenvalue weighted by Gasteiger charge is -2.25. The van der Waals surface area contributed by atoms with E-state index in [9.17, 15) is 4.79 Å². The maximum atomic E-state index is 11.7. The van der Waals surface area contributed by atoms with Crippen LogP contribution < -0.4 is 0 Å². The third-order valence-electron chi connectivity index (χ3n) is 2.27. The van der Waals surface area contributed by atoms with Gasteiger partial charge in [-0.05, 0) is 11.4 Å². The number of hydrogen-bond acceptors (Lipinski definition) is 4. The molecular formula is C10H14ClNO2S. The molecule has 84 valence electrons. The van der Waals surface area contributed by atoms with Gasteiger partial charge < -0.3 is 4.74 Å². The number of nitrogens with zero attached hydrogens (tertiary/aromatic N) is 1. The van der Waals surface area contributed by atoms with E-state index in [1.54, 1.807) is 0 Å². The van der Waals surface area contributed by atoms with Crippen LogP contribution in [0.15, 0.2) is 17.5 Å². The first-order valence-electron chi connectivity index (χ1n) is 4.73. The summed E-state index contributed by atoms with van der Waals surface area (Å²) < 4.78 is 5.22. The van der Waals surface area contributed by atoms with Gasteiger partial charge in [0, 0.05) is 13.1 Å². The molecule has 0 spiro atoms. The van der Waals surface area contributed by atoms with Gasteiger partial charge >= 0.3 is 0 Å². The Morgan fingerprint density at radius 1 is 1.47 bits per heavy atom. The van der Waals surface area contributed by atoms with Crippen LogP contribution >= 0.6 is 23.7 Å².